The first-order valence-electron chi connectivity index (χ1n) is 9.26. The van der Waals surface area contributed by atoms with Gasteiger partial charge in [0, 0.05) is 38.3 Å². The van der Waals surface area contributed by atoms with Crippen LogP contribution in [0.4, 0.5) is 4.79 Å². The van der Waals surface area contributed by atoms with Gasteiger partial charge in [-0.25, -0.2) is 9.78 Å². The number of aliphatic hydroxyl groups is 1. The third-order valence-electron chi connectivity index (χ3n) is 4.94. The van der Waals surface area contributed by atoms with Crippen LogP contribution in [0.3, 0.4) is 0 Å². The number of rotatable bonds is 7. The molecule has 1 aliphatic heterocycles. The number of hydrogen-bond donors (Lipinski definition) is 3. The maximum absolute atomic E-state index is 12.3. The summed E-state index contributed by atoms with van der Waals surface area (Å²) in [5.41, 5.74) is 0.810. The van der Waals surface area contributed by atoms with Crippen molar-refractivity contribution in [1.29, 1.82) is 0 Å². The van der Waals surface area contributed by atoms with Gasteiger partial charge in [-0.1, -0.05) is 0 Å². The Kier molecular flexibility index (Phi) is 6.42. The summed E-state index contributed by atoms with van der Waals surface area (Å²) in [5.74, 6) is 0.324. The summed E-state index contributed by atoms with van der Waals surface area (Å²) < 4.78 is 6.59. The first-order chi connectivity index (χ1) is 13.5. The van der Waals surface area contributed by atoms with Crippen LogP contribution in [-0.4, -0.2) is 74.6 Å². The third kappa shape index (κ3) is 4.96. The minimum atomic E-state index is -1.00. The van der Waals surface area contributed by atoms with Crippen molar-refractivity contribution in [2.45, 2.75) is 38.0 Å². The summed E-state index contributed by atoms with van der Waals surface area (Å²) >= 11 is 0. The zero-order valence-corrected chi connectivity index (χ0v) is 15.7. The van der Waals surface area contributed by atoms with E-state index in [2.05, 4.69) is 20.2 Å². The molecule has 0 saturated carbocycles. The molecule has 1 aliphatic rings. The lowest BCUT2D eigenvalue weighted by Gasteiger charge is -2.33. The zero-order valence-electron chi connectivity index (χ0n) is 15.7. The van der Waals surface area contributed by atoms with E-state index < -0.39 is 12.2 Å². The highest BCUT2D eigenvalue weighted by Crippen LogP contribution is 2.14. The highest BCUT2D eigenvalue weighted by Gasteiger charge is 2.22. The number of aryl methyl sites for hydroxylation is 1. The number of ether oxygens (including phenoxy) is 1. The van der Waals surface area contributed by atoms with E-state index in [4.69, 9.17) is 9.84 Å². The molecule has 0 unspecified atom stereocenters. The SMILES string of the molecule is COc1cnc2ccc(=O)n(CC[C@@H](O)CN3CCC(NC(=O)O)CC3)c2n1. The molecule has 0 bridgehead atoms. The number of nitrogens with zero attached hydrogens (tertiary/aromatic N) is 4. The Hall–Kier alpha value is -2.72. The second-order valence-electron chi connectivity index (χ2n) is 6.91. The summed E-state index contributed by atoms with van der Waals surface area (Å²) in [4.78, 5) is 33.6. The van der Waals surface area contributed by atoms with Gasteiger partial charge in [0.1, 0.15) is 5.52 Å². The Morgan fingerprint density at radius 2 is 2.14 bits per heavy atom. The van der Waals surface area contributed by atoms with Gasteiger partial charge in [0.15, 0.2) is 5.65 Å². The van der Waals surface area contributed by atoms with Crippen LogP contribution >= 0.6 is 0 Å². The molecule has 28 heavy (non-hydrogen) atoms. The fourth-order valence-electron chi connectivity index (χ4n) is 3.45. The molecule has 3 heterocycles. The van der Waals surface area contributed by atoms with Crippen LogP contribution < -0.4 is 15.6 Å². The van der Waals surface area contributed by atoms with Crippen molar-refractivity contribution >= 4 is 17.3 Å². The lowest BCUT2D eigenvalue weighted by Crippen LogP contribution is -2.46. The first kappa shape index (κ1) is 20.0. The fraction of sp³-hybridized carbons (Fsp3) is 0.556. The van der Waals surface area contributed by atoms with Crippen molar-refractivity contribution in [3.05, 3.63) is 28.7 Å². The summed E-state index contributed by atoms with van der Waals surface area (Å²) in [6.07, 6.45) is 1.72. The predicted octanol–water partition coefficient (Wildman–Crippen LogP) is 0.283. The Balaban J connectivity index is 1.58. The highest BCUT2D eigenvalue weighted by atomic mass is 16.5. The Bertz CT molecular complexity index is 878. The van der Waals surface area contributed by atoms with Gasteiger partial charge in [-0.3, -0.25) is 9.36 Å². The predicted molar refractivity (Wildman–Crippen MR) is 102 cm³/mol. The number of carboxylic acid groups (broad SMARTS) is 1. The molecular formula is C18H25N5O5. The number of amides is 1. The average molecular weight is 391 g/mol. The monoisotopic (exact) mass is 391 g/mol. The molecule has 0 spiro atoms. The van der Waals surface area contributed by atoms with Gasteiger partial charge >= 0.3 is 6.09 Å². The van der Waals surface area contributed by atoms with Crippen molar-refractivity contribution in [2.75, 3.05) is 26.7 Å². The fourth-order valence-corrected chi connectivity index (χ4v) is 3.45. The molecule has 152 valence electrons. The number of methoxy groups -OCH3 is 1. The van der Waals surface area contributed by atoms with E-state index in [1.807, 2.05) is 0 Å². The lowest BCUT2D eigenvalue weighted by atomic mass is 10.0. The Morgan fingerprint density at radius 1 is 1.39 bits per heavy atom. The van der Waals surface area contributed by atoms with Crippen molar-refractivity contribution < 1.29 is 19.7 Å². The van der Waals surface area contributed by atoms with E-state index in [-0.39, 0.29) is 11.6 Å². The largest absolute Gasteiger partial charge is 0.480 e. The summed E-state index contributed by atoms with van der Waals surface area (Å²) in [6.45, 7) is 2.24. The highest BCUT2D eigenvalue weighted by molar-refractivity contribution is 5.70. The maximum atomic E-state index is 12.3. The smallest absolute Gasteiger partial charge is 0.404 e. The molecule has 2 aromatic heterocycles. The number of aromatic nitrogens is 3. The molecule has 2 aromatic rings. The Morgan fingerprint density at radius 3 is 2.82 bits per heavy atom. The number of nitrogens with one attached hydrogen (secondary N) is 1. The number of carbonyl (C=O) groups is 1. The van der Waals surface area contributed by atoms with Crippen molar-refractivity contribution in [2.24, 2.45) is 0 Å². The summed E-state index contributed by atoms with van der Waals surface area (Å²) in [7, 11) is 1.49. The molecule has 1 fully saturated rings. The minimum Gasteiger partial charge on any atom is -0.480 e. The Labute approximate surface area is 161 Å². The van der Waals surface area contributed by atoms with Crippen LogP contribution in [0.15, 0.2) is 23.1 Å². The van der Waals surface area contributed by atoms with E-state index in [9.17, 15) is 14.7 Å². The van der Waals surface area contributed by atoms with Gasteiger partial charge in [0.25, 0.3) is 5.56 Å². The quantitative estimate of drug-likeness (QED) is 0.614. The lowest BCUT2D eigenvalue weighted by molar-refractivity contribution is 0.0847. The molecule has 0 aliphatic carbocycles. The molecular weight excluding hydrogens is 366 g/mol. The van der Waals surface area contributed by atoms with Gasteiger partial charge in [0.2, 0.25) is 5.88 Å². The molecule has 10 heteroatoms. The van der Waals surface area contributed by atoms with Gasteiger partial charge in [-0.15, -0.1) is 0 Å². The number of piperidine rings is 1. The van der Waals surface area contributed by atoms with E-state index in [0.717, 1.165) is 25.9 Å². The van der Waals surface area contributed by atoms with Gasteiger partial charge in [-0.2, -0.15) is 4.98 Å². The van der Waals surface area contributed by atoms with E-state index >= 15 is 0 Å². The molecule has 10 nitrogen and oxygen atoms in total. The number of pyridine rings is 1. The van der Waals surface area contributed by atoms with Gasteiger partial charge in [-0.05, 0) is 25.3 Å². The standard InChI is InChI=1S/C18H25N5O5/c1-28-15-10-19-14-2-3-16(25)23(17(14)21-15)9-6-13(24)11-22-7-4-12(5-8-22)20-18(26)27/h2-3,10,12-13,20,24H,4-9,11H2,1H3,(H,26,27)/t13-/m1/s1. The molecule has 3 rings (SSSR count). The number of β-amino-alcohol motifs (C(OH)–C–C–N with tert-alkyl or cyclic N) is 1. The number of aliphatic hydroxyl groups excluding tert-OH is 1. The minimum absolute atomic E-state index is 0.0336. The van der Waals surface area contributed by atoms with Gasteiger partial charge < -0.3 is 25.2 Å². The number of likely N-dealkylation sites (tertiary alicyclic amines) is 1. The summed E-state index contributed by atoms with van der Waals surface area (Å²) in [5, 5.41) is 21.7. The first-order valence-corrected chi connectivity index (χ1v) is 9.26. The average Bonchev–Trinajstić information content (AvgIpc) is 2.68. The number of hydrogen-bond acceptors (Lipinski definition) is 7. The molecule has 0 radical (unpaired) electrons. The topological polar surface area (TPSA) is 130 Å². The van der Waals surface area contributed by atoms with Crippen LogP contribution in [-0.2, 0) is 6.54 Å². The molecule has 3 N–H and O–H groups in total. The van der Waals surface area contributed by atoms with E-state index in [1.54, 1.807) is 6.07 Å². The second kappa shape index (κ2) is 8.98. The molecule has 1 atom stereocenters. The van der Waals surface area contributed by atoms with Gasteiger partial charge in [0.05, 0.1) is 19.4 Å². The van der Waals surface area contributed by atoms with E-state index in [1.165, 1.54) is 23.9 Å². The van der Waals surface area contributed by atoms with Crippen LogP contribution in [0, 0.1) is 0 Å². The summed E-state index contributed by atoms with van der Waals surface area (Å²) in [6, 6.07) is 3.02. The van der Waals surface area contributed by atoms with Crippen LogP contribution in [0.5, 0.6) is 5.88 Å². The molecule has 1 amide bonds. The third-order valence-corrected chi connectivity index (χ3v) is 4.94. The molecule has 0 aromatic carbocycles. The maximum Gasteiger partial charge on any atom is 0.404 e. The molecule has 1 saturated heterocycles. The van der Waals surface area contributed by atoms with Crippen molar-refractivity contribution in [3.8, 4) is 5.88 Å². The van der Waals surface area contributed by atoms with Crippen LogP contribution in [0.2, 0.25) is 0 Å². The van der Waals surface area contributed by atoms with Crippen molar-refractivity contribution in [3.63, 3.8) is 0 Å². The van der Waals surface area contributed by atoms with E-state index in [0.29, 0.717) is 36.6 Å². The van der Waals surface area contributed by atoms with Crippen molar-refractivity contribution in [1.82, 2.24) is 24.8 Å². The number of fused-ring (bicyclic) bond motifs is 1. The second-order valence-corrected chi connectivity index (χ2v) is 6.91. The normalized spacial score (nSPS) is 16.8. The zero-order chi connectivity index (χ0) is 20.1. The van der Waals surface area contributed by atoms with Crippen LogP contribution in [0.1, 0.15) is 19.3 Å². The van der Waals surface area contributed by atoms with Crippen LogP contribution in [0.25, 0.3) is 11.2 Å².